The molecule has 11 heavy (non-hydrogen) atoms. The van der Waals surface area contributed by atoms with Crippen LogP contribution in [0.5, 0.6) is 0 Å². The van der Waals surface area contributed by atoms with Crippen LogP contribution in [-0.4, -0.2) is 4.43 Å². The van der Waals surface area contributed by atoms with E-state index in [-0.39, 0.29) is 21.2 Å². The second-order valence-electron chi connectivity index (χ2n) is 2.57. The molecule has 0 spiro atoms. The standard InChI is InChI=1S/C9H15IS/c1-3-4-7-10-9-6-5-8(2)11-9/h5-6,10H,3-4,7H2,1-2H3. The molecule has 0 aliphatic rings. The van der Waals surface area contributed by atoms with Crippen molar-refractivity contribution in [2.75, 3.05) is 4.43 Å². The molecule has 64 valence electrons. The fourth-order valence-electron chi connectivity index (χ4n) is 0.807. The molecule has 0 aliphatic carbocycles. The Kier molecular flexibility index (Phi) is 4.45. The normalized spacial score (nSPS) is 10.7. The van der Waals surface area contributed by atoms with Gasteiger partial charge in [-0.15, -0.1) is 0 Å². The van der Waals surface area contributed by atoms with Crippen LogP contribution < -0.4 is 0 Å². The summed E-state index contributed by atoms with van der Waals surface area (Å²) in [6.07, 6.45) is 2.79. The van der Waals surface area contributed by atoms with Gasteiger partial charge in [0.1, 0.15) is 0 Å². The van der Waals surface area contributed by atoms with Gasteiger partial charge < -0.3 is 0 Å². The summed E-state index contributed by atoms with van der Waals surface area (Å²) < 4.78 is 3.17. The second kappa shape index (κ2) is 5.14. The quantitative estimate of drug-likeness (QED) is 0.448. The Morgan fingerprint density at radius 3 is 2.82 bits per heavy atom. The molecule has 0 saturated heterocycles. The molecule has 0 atom stereocenters. The number of unbranched alkanes of at least 4 members (excludes halogenated alkanes) is 1. The van der Waals surface area contributed by atoms with E-state index in [0.29, 0.717) is 0 Å². The number of aryl methyl sites for hydroxylation is 1. The summed E-state index contributed by atoms with van der Waals surface area (Å²) in [4.78, 5) is 1.47. The molecule has 0 aromatic carbocycles. The van der Waals surface area contributed by atoms with E-state index in [0.717, 1.165) is 0 Å². The SMILES string of the molecule is CCCC[IH]c1ccc(C)s1. The molecule has 2 heteroatoms. The number of rotatable bonds is 4. The van der Waals surface area contributed by atoms with Gasteiger partial charge in [0.05, 0.1) is 0 Å². The third-order valence-electron chi connectivity index (χ3n) is 1.46. The molecule has 0 amide bonds. The van der Waals surface area contributed by atoms with Gasteiger partial charge in [-0.05, 0) is 0 Å². The van der Waals surface area contributed by atoms with Gasteiger partial charge in [0.2, 0.25) is 0 Å². The summed E-state index contributed by atoms with van der Waals surface area (Å²) in [7, 11) is 0. The van der Waals surface area contributed by atoms with E-state index in [2.05, 4.69) is 26.0 Å². The van der Waals surface area contributed by atoms with E-state index in [1.165, 1.54) is 22.1 Å². The van der Waals surface area contributed by atoms with Crippen LogP contribution in [0.25, 0.3) is 0 Å². The Balaban J connectivity index is 2.27. The molecule has 0 radical (unpaired) electrons. The third kappa shape index (κ3) is 3.56. The van der Waals surface area contributed by atoms with Crippen molar-refractivity contribution in [1.29, 1.82) is 0 Å². The zero-order chi connectivity index (χ0) is 8.10. The maximum atomic E-state index is 2.32. The van der Waals surface area contributed by atoms with E-state index >= 15 is 0 Å². The molecule has 0 unspecified atom stereocenters. The first-order chi connectivity index (χ1) is 5.33. The van der Waals surface area contributed by atoms with Crippen LogP contribution in [0, 0.1) is 9.81 Å². The van der Waals surface area contributed by atoms with Crippen molar-refractivity contribution < 1.29 is 0 Å². The van der Waals surface area contributed by atoms with E-state index in [4.69, 9.17) is 0 Å². The monoisotopic (exact) mass is 282 g/mol. The Labute approximate surface area is 83.3 Å². The van der Waals surface area contributed by atoms with Crippen molar-refractivity contribution in [2.45, 2.75) is 26.7 Å². The fraction of sp³-hybridized carbons (Fsp3) is 0.556. The Hall–Kier alpha value is 0.430. The van der Waals surface area contributed by atoms with Crippen LogP contribution in [0.2, 0.25) is 0 Å². The van der Waals surface area contributed by atoms with Crippen LogP contribution in [0.3, 0.4) is 0 Å². The average Bonchev–Trinajstić information content (AvgIpc) is 2.37. The van der Waals surface area contributed by atoms with Crippen molar-refractivity contribution in [1.82, 2.24) is 0 Å². The van der Waals surface area contributed by atoms with Gasteiger partial charge in [-0.1, -0.05) is 0 Å². The molecule has 1 heterocycles. The average molecular weight is 282 g/mol. The van der Waals surface area contributed by atoms with E-state index in [9.17, 15) is 0 Å². The predicted octanol–water partition coefficient (Wildman–Crippen LogP) is 3.73. The molecule has 0 N–H and O–H groups in total. The van der Waals surface area contributed by atoms with Crippen molar-refractivity contribution >= 4 is 32.5 Å². The summed E-state index contributed by atoms with van der Waals surface area (Å²) in [6, 6.07) is 4.56. The first-order valence-corrected chi connectivity index (χ1v) is 7.65. The van der Waals surface area contributed by atoms with Crippen LogP contribution >= 0.6 is 32.5 Å². The van der Waals surface area contributed by atoms with Crippen molar-refractivity contribution in [2.24, 2.45) is 0 Å². The van der Waals surface area contributed by atoms with Gasteiger partial charge in [0.25, 0.3) is 0 Å². The summed E-state index contributed by atoms with van der Waals surface area (Å²) in [5.74, 6) is 0. The van der Waals surface area contributed by atoms with Gasteiger partial charge in [-0.2, -0.15) is 0 Å². The minimum absolute atomic E-state index is 0.192. The van der Waals surface area contributed by atoms with Crippen LogP contribution in [0.4, 0.5) is 0 Å². The van der Waals surface area contributed by atoms with Crippen molar-refractivity contribution in [3.63, 3.8) is 0 Å². The zero-order valence-corrected chi connectivity index (χ0v) is 10.2. The summed E-state index contributed by atoms with van der Waals surface area (Å²) in [6.45, 7) is 4.47. The van der Waals surface area contributed by atoms with Gasteiger partial charge in [0, 0.05) is 0 Å². The zero-order valence-electron chi connectivity index (χ0n) is 7.09. The molecular formula is C9H15IS. The molecule has 1 aromatic heterocycles. The molecule has 0 nitrogen and oxygen atoms in total. The Morgan fingerprint density at radius 1 is 1.45 bits per heavy atom. The summed E-state index contributed by atoms with van der Waals surface area (Å²) in [5, 5.41) is 0. The second-order valence-corrected chi connectivity index (χ2v) is 7.91. The fourth-order valence-corrected chi connectivity index (χ4v) is 5.92. The van der Waals surface area contributed by atoms with Crippen molar-refractivity contribution in [3.8, 4) is 0 Å². The number of hydrogen-bond acceptors (Lipinski definition) is 1. The molecule has 1 rings (SSSR count). The van der Waals surface area contributed by atoms with Gasteiger partial charge >= 0.3 is 83.6 Å². The molecular weight excluding hydrogens is 267 g/mol. The Morgan fingerprint density at radius 2 is 2.27 bits per heavy atom. The molecule has 0 aliphatic heterocycles. The third-order valence-corrected chi connectivity index (χ3v) is 6.36. The minimum atomic E-state index is 0.192. The summed E-state index contributed by atoms with van der Waals surface area (Å²) in [5.41, 5.74) is 0. The number of thiophene rings is 1. The van der Waals surface area contributed by atoms with Crippen molar-refractivity contribution in [3.05, 3.63) is 19.9 Å². The predicted molar refractivity (Wildman–Crippen MR) is 62.9 cm³/mol. The van der Waals surface area contributed by atoms with Gasteiger partial charge in [-0.3, -0.25) is 0 Å². The topological polar surface area (TPSA) is 0 Å². The summed E-state index contributed by atoms with van der Waals surface area (Å²) >= 11 is 2.19. The first kappa shape index (κ1) is 9.52. The molecule has 0 fully saturated rings. The molecule has 0 saturated carbocycles. The van der Waals surface area contributed by atoms with Crippen LogP contribution in [0.1, 0.15) is 24.6 Å². The number of hydrogen-bond donors (Lipinski definition) is 0. The molecule has 0 bridgehead atoms. The van der Waals surface area contributed by atoms with Gasteiger partial charge in [0.15, 0.2) is 0 Å². The van der Waals surface area contributed by atoms with E-state index in [1.54, 1.807) is 2.88 Å². The number of halogens is 1. The van der Waals surface area contributed by atoms with E-state index in [1.807, 2.05) is 11.3 Å². The molecule has 1 aromatic rings. The number of alkyl halides is 1. The first-order valence-electron chi connectivity index (χ1n) is 4.02. The van der Waals surface area contributed by atoms with Crippen LogP contribution in [-0.2, 0) is 0 Å². The van der Waals surface area contributed by atoms with E-state index < -0.39 is 0 Å². The Bertz CT molecular complexity index is 205. The maximum absolute atomic E-state index is 2.32. The van der Waals surface area contributed by atoms with Gasteiger partial charge in [-0.25, -0.2) is 0 Å². The van der Waals surface area contributed by atoms with Crippen LogP contribution in [0.15, 0.2) is 12.1 Å².